The summed E-state index contributed by atoms with van der Waals surface area (Å²) in [7, 11) is 1.97. The summed E-state index contributed by atoms with van der Waals surface area (Å²) >= 11 is 6.01. The van der Waals surface area contributed by atoms with Crippen LogP contribution in [0, 0.1) is 13.8 Å². The van der Waals surface area contributed by atoms with Gasteiger partial charge in [-0.15, -0.1) is 0 Å². The first-order chi connectivity index (χ1) is 9.51. The molecule has 0 aliphatic carbocycles. The van der Waals surface area contributed by atoms with Crippen molar-refractivity contribution in [2.75, 3.05) is 11.9 Å². The number of hydrogen-bond acceptors (Lipinski definition) is 3. The molecule has 0 atom stereocenters. The number of anilines is 1. The summed E-state index contributed by atoms with van der Waals surface area (Å²) < 4.78 is 0. The molecule has 2 rings (SSSR count). The molecule has 1 heterocycles. The van der Waals surface area contributed by atoms with Crippen molar-refractivity contribution in [3.63, 3.8) is 0 Å². The molecule has 1 N–H and O–H groups in total. The summed E-state index contributed by atoms with van der Waals surface area (Å²) in [5.74, 6) is 0.824. The molecule has 0 spiro atoms. The normalized spacial score (nSPS) is 10.7. The lowest BCUT2D eigenvalue weighted by Crippen LogP contribution is -2.20. The van der Waals surface area contributed by atoms with Gasteiger partial charge in [-0.2, -0.15) is 0 Å². The highest BCUT2D eigenvalue weighted by Crippen LogP contribution is 2.23. The second-order valence-electron chi connectivity index (χ2n) is 5.03. The Morgan fingerprint density at radius 2 is 2.00 bits per heavy atom. The summed E-state index contributed by atoms with van der Waals surface area (Å²) in [4.78, 5) is 6.60. The third-order valence-electron chi connectivity index (χ3n) is 3.28. The summed E-state index contributed by atoms with van der Waals surface area (Å²) in [6.07, 6.45) is 0. The van der Waals surface area contributed by atoms with E-state index >= 15 is 0 Å². The van der Waals surface area contributed by atoms with Crippen molar-refractivity contribution >= 4 is 17.4 Å². The fourth-order valence-electron chi connectivity index (χ4n) is 2.34. The van der Waals surface area contributed by atoms with Gasteiger partial charge in [0.2, 0.25) is 0 Å². The largest absolute Gasteiger partial charge is 0.392 e. The van der Waals surface area contributed by atoms with Crippen LogP contribution in [0.3, 0.4) is 0 Å². The van der Waals surface area contributed by atoms with Crippen LogP contribution in [-0.4, -0.2) is 17.1 Å². The number of nitrogens with zero attached hydrogens (tertiary/aromatic N) is 2. The van der Waals surface area contributed by atoms with E-state index in [1.165, 1.54) is 0 Å². The van der Waals surface area contributed by atoms with E-state index in [1.807, 2.05) is 56.1 Å². The molecule has 20 heavy (non-hydrogen) atoms. The van der Waals surface area contributed by atoms with Gasteiger partial charge >= 0.3 is 0 Å². The molecule has 0 radical (unpaired) electrons. The van der Waals surface area contributed by atoms with E-state index in [0.717, 1.165) is 33.2 Å². The van der Waals surface area contributed by atoms with Crippen molar-refractivity contribution in [2.24, 2.45) is 0 Å². The number of aromatic nitrogens is 1. The van der Waals surface area contributed by atoms with Crippen molar-refractivity contribution < 1.29 is 5.11 Å². The van der Waals surface area contributed by atoms with E-state index in [2.05, 4.69) is 4.98 Å². The Kier molecular flexibility index (Phi) is 4.63. The van der Waals surface area contributed by atoms with Crippen molar-refractivity contribution in [3.05, 3.63) is 57.7 Å². The van der Waals surface area contributed by atoms with Crippen LogP contribution in [0.5, 0.6) is 0 Å². The monoisotopic (exact) mass is 290 g/mol. The van der Waals surface area contributed by atoms with E-state index in [9.17, 15) is 5.11 Å². The standard InChI is InChI=1S/C16H19ClN2O/c1-11-7-12(2)18-16(15(11)10-20)19(3)9-13-5-4-6-14(17)8-13/h4-8,20H,9-10H2,1-3H3. The van der Waals surface area contributed by atoms with Crippen LogP contribution in [0.4, 0.5) is 5.82 Å². The first-order valence-electron chi connectivity index (χ1n) is 6.55. The van der Waals surface area contributed by atoms with Gasteiger partial charge < -0.3 is 10.0 Å². The number of hydrogen-bond donors (Lipinski definition) is 1. The molecule has 4 heteroatoms. The Labute approximate surface area is 124 Å². The predicted octanol–water partition coefficient (Wildman–Crippen LogP) is 3.48. The zero-order chi connectivity index (χ0) is 14.7. The number of rotatable bonds is 4. The molecule has 0 saturated heterocycles. The Balaban J connectivity index is 2.31. The zero-order valence-corrected chi connectivity index (χ0v) is 12.8. The first kappa shape index (κ1) is 14.8. The molecule has 1 aromatic heterocycles. The average Bonchev–Trinajstić information content (AvgIpc) is 2.37. The highest BCUT2D eigenvalue weighted by molar-refractivity contribution is 6.30. The van der Waals surface area contributed by atoms with Gasteiger partial charge in [-0.1, -0.05) is 23.7 Å². The highest BCUT2D eigenvalue weighted by Gasteiger charge is 2.12. The lowest BCUT2D eigenvalue weighted by Gasteiger charge is -2.22. The summed E-state index contributed by atoms with van der Waals surface area (Å²) in [5.41, 5.74) is 4.01. The number of aliphatic hydroxyl groups excluding tert-OH is 1. The van der Waals surface area contributed by atoms with Crippen molar-refractivity contribution in [2.45, 2.75) is 27.0 Å². The molecule has 1 aromatic carbocycles. The molecular weight excluding hydrogens is 272 g/mol. The van der Waals surface area contributed by atoms with Gasteiger partial charge in [0, 0.05) is 29.9 Å². The summed E-state index contributed by atoms with van der Waals surface area (Å²) in [6.45, 7) is 4.65. The second-order valence-corrected chi connectivity index (χ2v) is 5.46. The SMILES string of the molecule is Cc1cc(C)c(CO)c(N(C)Cc2cccc(Cl)c2)n1. The molecule has 0 amide bonds. The van der Waals surface area contributed by atoms with Crippen LogP contribution in [-0.2, 0) is 13.2 Å². The fraction of sp³-hybridized carbons (Fsp3) is 0.312. The molecule has 0 bridgehead atoms. The molecule has 0 fully saturated rings. The predicted molar refractivity (Wildman–Crippen MR) is 83.2 cm³/mol. The molecule has 106 valence electrons. The number of halogens is 1. The van der Waals surface area contributed by atoms with Gasteiger partial charge in [0.05, 0.1) is 6.61 Å². The average molecular weight is 291 g/mol. The third kappa shape index (κ3) is 3.30. The van der Waals surface area contributed by atoms with Crippen LogP contribution in [0.1, 0.15) is 22.4 Å². The van der Waals surface area contributed by atoms with Crippen LogP contribution >= 0.6 is 11.6 Å². The van der Waals surface area contributed by atoms with Gasteiger partial charge in [-0.05, 0) is 43.2 Å². The van der Waals surface area contributed by atoms with Gasteiger partial charge in [0.25, 0.3) is 0 Å². The number of aliphatic hydroxyl groups is 1. The minimum atomic E-state index is -0.00562. The summed E-state index contributed by atoms with van der Waals surface area (Å²) in [6, 6.07) is 9.76. The smallest absolute Gasteiger partial charge is 0.134 e. The molecule has 0 unspecified atom stereocenters. The van der Waals surface area contributed by atoms with Crippen LogP contribution in [0.25, 0.3) is 0 Å². The van der Waals surface area contributed by atoms with E-state index in [-0.39, 0.29) is 6.61 Å². The number of pyridine rings is 1. The van der Waals surface area contributed by atoms with Gasteiger partial charge in [0.1, 0.15) is 5.82 Å². The van der Waals surface area contributed by atoms with E-state index in [1.54, 1.807) is 0 Å². The minimum Gasteiger partial charge on any atom is -0.392 e. The minimum absolute atomic E-state index is 0.00562. The molecule has 2 aromatic rings. The van der Waals surface area contributed by atoms with Crippen molar-refractivity contribution in [1.82, 2.24) is 4.98 Å². The van der Waals surface area contributed by atoms with Gasteiger partial charge in [-0.25, -0.2) is 4.98 Å². The quantitative estimate of drug-likeness (QED) is 0.936. The topological polar surface area (TPSA) is 36.4 Å². The Hall–Kier alpha value is -1.58. The lowest BCUT2D eigenvalue weighted by molar-refractivity contribution is 0.281. The Bertz CT molecular complexity index is 613. The first-order valence-corrected chi connectivity index (χ1v) is 6.92. The van der Waals surface area contributed by atoms with Crippen LogP contribution < -0.4 is 4.90 Å². The highest BCUT2D eigenvalue weighted by atomic mass is 35.5. The van der Waals surface area contributed by atoms with Gasteiger partial charge in [-0.3, -0.25) is 0 Å². The van der Waals surface area contributed by atoms with Crippen molar-refractivity contribution in [3.8, 4) is 0 Å². The Morgan fingerprint density at radius 1 is 1.25 bits per heavy atom. The third-order valence-corrected chi connectivity index (χ3v) is 3.52. The maximum Gasteiger partial charge on any atom is 0.134 e. The summed E-state index contributed by atoms with van der Waals surface area (Å²) in [5, 5.41) is 10.3. The lowest BCUT2D eigenvalue weighted by atomic mass is 10.1. The molecule has 0 saturated carbocycles. The van der Waals surface area contributed by atoms with Crippen molar-refractivity contribution in [1.29, 1.82) is 0 Å². The molecule has 3 nitrogen and oxygen atoms in total. The number of benzene rings is 1. The molecule has 0 aliphatic rings. The Morgan fingerprint density at radius 3 is 2.65 bits per heavy atom. The van der Waals surface area contributed by atoms with Crippen LogP contribution in [0.15, 0.2) is 30.3 Å². The maximum absolute atomic E-state index is 9.56. The van der Waals surface area contributed by atoms with E-state index < -0.39 is 0 Å². The van der Waals surface area contributed by atoms with E-state index in [0.29, 0.717) is 6.54 Å². The molecular formula is C16H19ClN2O. The maximum atomic E-state index is 9.56. The second kappa shape index (κ2) is 6.25. The van der Waals surface area contributed by atoms with Gasteiger partial charge in [0.15, 0.2) is 0 Å². The van der Waals surface area contributed by atoms with Crippen LogP contribution in [0.2, 0.25) is 5.02 Å². The molecule has 0 aliphatic heterocycles. The zero-order valence-electron chi connectivity index (χ0n) is 12.0. The number of aryl methyl sites for hydroxylation is 2. The fourth-order valence-corrected chi connectivity index (χ4v) is 2.55. The van der Waals surface area contributed by atoms with E-state index in [4.69, 9.17) is 11.6 Å².